The minimum absolute atomic E-state index is 0.0981. The number of aliphatic hydroxyl groups is 5. The van der Waals surface area contributed by atoms with Gasteiger partial charge in [-0.3, -0.25) is 4.68 Å². The Morgan fingerprint density at radius 2 is 1.85 bits per heavy atom. The molecule has 0 amide bonds. The highest BCUT2D eigenvalue weighted by atomic mass is 19.1. The Hall–Kier alpha value is -2.28. The first-order valence-corrected chi connectivity index (χ1v) is 11.1. The molecule has 11 heteroatoms. The summed E-state index contributed by atoms with van der Waals surface area (Å²) in [7, 11) is 0. The van der Waals surface area contributed by atoms with Crippen molar-refractivity contribution in [2.24, 2.45) is 0 Å². The first-order chi connectivity index (χ1) is 15.9. The molecule has 2 aromatic rings. The van der Waals surface area contributed by atoms with Gasteiger partial charge in [0, 0.05) is 23.7 Å². The summed E-state index contributed by atoms with van der Waals surface area (Å²) in [4.78, 5) is 0. The minimum atomic E-state index is -2.80. The van der Waals surface area contributed by atoms with Crippen molar-refractivity contribution in [2.45, 2.75) is 83.6 Å². The zero-order valence-corrected chi connectivity index (χ0v) is 19.8. The number of aliphatic hydroxyl groups excluding tert-OH is 4. The number of nitrogens with zero attached hydrogens (tertiary/aromatic N) is 2. The molecular formula is C23H33FN2O8. The van der Waals surface area contributed by atoms with Crippen LogP contribution >= 0.6 is 0 Å². The Labute approximate surface area is 197 Å². The Morgan fingerprint density at radius 3 is 2.41 bits per heavy atom. The third-order valence-electron chi connectivity index (χ3n) is 5.64. The van der Waals surface area contributed by atoms with Crippen LogP contribution in [0.25, 0.3) is 0 Å². The van der Waals surface area contributed by atoms with Gasteiger partial charge in [0.2, 0.25) is 5.88 Å². The van der Waals surface area contributed by atoms with E-state index in [-0.39, 0.29) is 30.2 Å². The number of rotatable bonds is 8. The molecule has 0 aliphatic carbocycles. The second-order valence-corrected chi connectivity index (χ2v) is 9.01. The fourth-order valence-electron chi connectivity index (χ4n) is 3.87. The van der Waals surface area contributed by atoms with Crippen LogP contribution < -0.4 is 9.47 Å². The second kappa shape index (κ2) is 10.1. The van der Waals surface area contributed by atoms with Gasteiger partial charge in [-0.15, -0.1) is 5.10 Å². The Balaban J connectivity index is 1.96. The lowest BCUT2D eigenvalue weighted by Crippen LogP contribution is -2.67. The van der Waals surface area contributed by atoms with E-state index >= 15 is 0 Å². The van der Waals surface area contributed by atoms with Crippen LogP contribution in [0.2, 0.25) is 0 Å². The van der Waals surface area contributed by atoms with E-state index in [1.54, 1.807) is 31.5 Å². The highest BCUT2D eigenvalue weighted by Gasteiger charge is 2.55. The molecule has 1 aromatic carbocycles. The predicted octanol–water partition coefficient (Wildman–Crippen LogP) is 0.788. The van der Waals surface area contributed by atoms with Crippen LogP contribution in [0.4, 0.5) is 4.39 Å². The molecule has 1 aliphatic heterocycles. The van der Waals surface area contributed by atoms with Crippen molar-refractivity contribution >= 4 is 0 Å². The SMILES string of the molecule is Cc1c(Cc2ccc(OC(C)C)c(F)c2)c(O[C@]2(O)O[C@H](CO)[C@@H](O)[C@H](O)[C@H]2O)nn1C(C)C. The lowest BCUT2D eigenvalue weighted by molar-refractivity contribution is -0.423. The molecule has 0 radical (unpaired) electrons. The highest BCUT2D eigenvalue weighted by molar-refractivity contribution is 5.39. The topological polar surface area (TPSA) is 147 Å². The summed E-state index contributed by atoms with van der Waals surface area (Å²) in [6, 6.07) is 4.45. The average Bonchev–Trinajstić information content (AvgIpc) is 3.06. The predicted molar refractivity (Wildman–Crippen MR) is 118 cm³/mol. The molecule has 3 rings (SSSR count). The molecule has 1 saturated heterocycles. The molecule has 0 unspecified atom stereocenters. The fourth-order valence-corrected chi connectivity index (χ4v) is 3.87. The van der Waals surface area contributed by atoms with Crippen molar-refractivity contribution in [1.29, 1.82) is 0 Å². The van der Waals surface area contributed by atoms with Crippen molar-refractivity contribution in [2.75, 3.05) is 6.61 Å². The number of hydrogen-bond acceptors (Lipinski definition) is 9. The van der Waals surface area contributed by atoms with Gasteiger partial charge in [0.15, 0.2) is 17.7 Å². The number of halogens is 1. The number of ether oxygens (including phenoxy) is 3. The summed E-state index contributed by atoms with van der Waals surface area (Å²) in [5, 5.41) is 55.1. The molecule has 0 bridgehead atoms. The third-order valence-corrected chi connectivity index (χ3v) is 5.64. The van der Waals surface area contributed by atoms with Gasteiger partial charge in [0.1, 0.15) is 18.3 Å². The maximum atomic E-state index is 14.5. The van der Waals surface area contributed by atoms with Gasteiger partial charge < -0.3 is 39.7 Å². The van der Waals surface area contributed by atoms with Crippen LogP contribution in [-0.4, -0.2) is 78.4 Å². The lowest BCUT2D eigenvalue weighted by atomic mass is 9.98. The first-order valence-electron chi connectivity index (χ1n) is 11.1. The zero-order valence-electron chi connectivity index (χ0n) is 19.8. The van der Waals surface area contributed by atoms with Crippen LogP contribution in [0.3, 0.4) is 0 Å². The summed E-state index contributed by atoms with van der Waals surface area (Å²) in [5.74, 6) is -3.32. The fraction of sp³-hybridized carbons (Fsp3) is 0.609. The van der Waals surface area contributed by atoms with E-state index in [4.69, 9.17) is 14.2 Å². The van der Waals surface area contributed by atoms with Crippen LogP contribution in [0.5, 0.6) is 11.6 Å². The highest BCUT2D eigenvalue weighted by Crippen LogP contribution is 2.35. The van der Waals surface area contributed by atoms with E-state index in [1.807, 2.05) is 13.8 Å². The van der Waals surface area contributed by atoms with E-state index in [9.17, 15) is 29.9 Å². The largest absolute Gasteiger partial charge is 0.488 e. The number of hydrogen-bond donors (Lipinski definition) is 5. The van der Waals surface area contributed by atoms with Crippen molar-refractivity contribution in [3.05, 3.63) is 40.8 Å². The molecule has 190 valence electrons. The Kier molecular flexibility index (Phi) is 7.85. The second-order valence-electron chi connectivity index (χ2n) is 9.01. The molecule has 10 nitrogen and oxygen atoms in total. The van der Waals surface area contributed by atoms with Gasteiger partial charge in [-0.05, 0) is 52.3 Å². The minimum Gasteiger partial charge on any atom is -0.488 e. The first kappa shape index (κ1) is 26.3. The van der Waals surface area contributed by atoms with Crippen molar-refractivity contribution in [3.8, 4) is 11.6 Å². The average molecular weight is 485 g/mol. The molecule has 1 fully saturated rings. The maximum Gasteiger partial charge on any atom is 0.356 e. The summed E-state index contributed by atoms with van der Waals surface area (Å²) < 4.78 is 32.4. The van der Waals surface area contributed by atoms with Crippen LogP contribution in [0, 0.1) is 12.7 Å². The van der Waals surface area contributed by atoms with Crippen molar-refractivity contribution < 1.29 is 44.1 Å². The third kappa shape index (κ3) is 5.19. The van der Waals surface area contributed by atoms with Gasteiger partial charge in [-0.25, -0.2) is 4.39 Å². The summed E-state index contributed by atoms with van der Waals surface area (Å²) in [6.07, 6.45) is -7.00. The molecule has 34 heavy (non-hydrogen) atoms. The quantitative estimate of drug-likeness (QED) is 0.343. The number of benzene rings is 1. The lowest BCUT2D eigenvalue weighted by Gasteiger charge is -2.43. The molecule has 2 heterocycles. The van der Waals surface area contributed by atoms with E-state index in [2.05, 4.69) is 5.10 Å². The standard InChI is InChI=1S/C23H33FN2O8/c1-11(2)26-13(5)15(8-14-6-7-17(16(24)9-14)32-12(3)4)22(25-26)34-23(31)21(30)20(29)19(28)18(10-27)33-23/h6-7,9,11-12,18-21,27-31H,8,10H2,1-5H3/t18-,19-,20+,21-,23-/m1/s1. The smallest absolute Gasteiger partial charge is 0.356 e. The van der Waals surface area contributed by atoms with Gasteiger partial charge >= 0.3 is 5.97 Å². The van der Waals surface area contributed by atoms with Gasteiger partial charge in [0.05, 0.1) is 12.7 Å². The van der Waals surface area contributed by atoms with Crippen molar-refractivity contribution in [1.82, 2.24) is 9.78 Å². The molecule has 1 aliphatic rings. The summed E-state index contributed by atoms with van der Waals surface area (Å²) in [6.45, 7) is 8.39. The van der Waals surface area contributed by atoms with E-state index in [0.717, 1.165) is 0 Å². The zero-order chi connectivity index (χ0) is 25.4. The maximum absolute atomic E-state index is 14.5. The molecule has 0 spiro atoms. The van der Waals surface area contributed by atoms with Gasteiger partial charge in [0.25, 0.3) is 0 Å². The normalized spacial score (nSPS) is 27.4. The molecule has 1 aromatic heterocycles. The molecule has 5 atom stereocenters. The summed E-state index contributed by atoms with van der Waals surface area (Å²) in [5.41, 5.74) is 1.72. The Morgan fingerprint density at radius 1 is 1.18 bits per heavy atom. The number of aromatic nitrogens is 2. The van der Waals surface area contributed by atoms with Crippen molar-refractivity contribution in [3.63, 3.8) is 0 Å². The van der Waals surface area contributed by atoms with E-state index in [1.165, 1.54) is 12.1 Å². The van der Waals surface area contributed by atoms with Crippen LogP contribution in [0.1, 0.15) is 50.6 Å². The monoisotopic (exact) mass is 484 g/mol. The molecule has 5 N–H and O–H groups in total. The van der Waals surface area contributed by atoms with Gasteiger partial charge in [-0.1, -0.05) is 6.07 Å². The molecule has 0 saturated carbocycles. The Bertz CT molecular complexity index is 996. The van der Waals surface area contributed by atoms with E-state index < -0.39 is 42.8 Å². The van der Waals surface area contributed by atoms with Gasteiger partial charge in [-0.2, -0.15) is 0 Å². The van der Waals surface area contributed by atoms with Crippen LogP contribution in [-0.2, 0) is 11.2 Å². The van der Waals surface area contributed by atoms with E-state index in [0.29, 0.717) is 16.8 Å². The van der Waals surface area contributed by atoms with Crippen LogP contribution in [0.15, 0.2) is 18.2 Å². The summed E-state index contributed by atoms with van der Waals surface area (Å²) >= 11 is 0. The molecular weight excluding hydrogens is 451 g/mol.